The molecule has 2 heterocycles. The van der Waals surface area contributed by atoms with Gasteiger partial charge in [0.15, 0.2) is 0 Å². The van der Waals surface area contributed by atoms with Crippen molar-refractivity contribution in [3.8, 4) is 0 Å². The number of hydrogen-bond acceptors (Lipinski definition) is 5. The first-order valence-electron chi connectivity index (χ1n) is 11.1. The number of benzene rings is 1. The zero-order chi connectivity index (χ0) is 24.0. The van der Waals surface area contributed by atoms with Gasteiger partial charge in [0.25, 0.3) is 11.8 Å². The summed E-state index contributed by atoms with van der Waals surface area (Å²) in [6.07, 6.45) is 3.57. The van der Waals surface area contributed by atoms with E-state index >= 15 is 0 Å². The van der Waals surface area contributed by atoms with Crippen molar-refractivity contribution in [1.82, 2.24) is 5.32 Å². The summed E-state index contributed by atoms with van der Waals surface area (Å²) in [7, 11) is 0. The smallest absolute Gasteiger partial charge is 0.254 e. The molecule has 0 radical (unpaired) electrons. The van der Waals surface area contributed by atoms with Gasteiger partial charge in [-0.25, -0.2) is 4.99 Å². The SMILES string of the molecule is CCN(c1cc(Cl)cc(C(=O)NCC2C(=O)N=C(C)C=C2CN=[N+]=[N-])c1C)C1CCOCC1. The second kappa shape index (κ2) is 11.3. The molecule has 0 saturated carbocycles. The van der Waals surface area contributed by atoms with Crippen molar-refractivity contribution in [2.45, 2.75) is 39.7 Å². The summed E-state index contributed by atoms with van der Waals surface area (Å²) in [6.45, 7) is 8.03. The Morgan fingerprint density at radius 2 is 2.09 bits per heavy atom. The van der Waals surface area contributed by atoms with E-state index in [4.69, 9.17) is 21.9 Å². The van der Waals surface area contributed by atoms with Gasteiger partial charge in [-0.15, -0.1) is 0 Å². The van der Waals surface area contributed by atoms with E-state index in [1.54, 1.807) is 19.1 Å². The van der Waals surface area contributed by atoms with Crippen molar-refractivity contribution in [2.75, 3.05) is 37.7 Å². The van der Waals surface area contributed by atoms with Crippen LogP contribution in [0.1, 0.15) is 42.6 Å². The normalized spacial score (nSPS) is 18.8. The van der Waals surface area contributed by atoms with Crippen LogP contribution in [0.15, 0.2) is 33.9 Å². The highest BCUT2D eigenvalue weighted by Crippen LogP contribution is 2.31. The Kier molecular flexibility index (Phi) is 8.49. The number of nitrogens with one attached hydrogen (secondary N) is 1. The number of anilines is 1. The van der Waals surface area contributed by atoms with Crippen molar-refractivity contribution in [1.29, 1.82) is 0 Å². The number of hydrogen-bond donors (Lipinski definition) is 1. The summed E-state index contributed by atoms with van der Waals surface area (Å²) >= 11 is 6.42. The Hall–Kier alpha value is -2.87. The van der Waals surface area contributed by atoms with Crippen molar-refractivity contribution >= 4 is 34.8 Å². The van der Waals surface area contributed by atoms with E-state index in [0.29, 0.717) is 27.9 Å². The van der Waals surface area contributed by atoms with Gasteiger partial charge >= 0.3 is 0 Å². The highest BCUT2D eigenvalue weighted by Gasteiger charge is 2.28. The molecule has 33 heavy (non-hydrogen) atoms. The molecule has 9 nitrogen and oxygen atoms in total. The molecule has 0 bridgehead atoms. The summed E-state index contributed by atoms with van der Waals surface area (Å²) in [5.74, 6) is -1.35. The third-order valence-electron chi connectivity index (χ3n) is 6.08. The van der Waals surface area contributed by atoms with Gasteiger partial charge in [0.2, 0.25) is 0 Å². The Morgan fingerprint density at radius 1 is 1.36 bits per heavy atom. The quantitative estimate of drug-likeness (QED) is 0.345. The molecule has 1 aromatic rings. The third-order valence-corrected chi connectivity index (χ3v) is 6.30. The lowest BCUT2D eigenvalue weighted by Gasteiger charge is -2.36. The molecule has 1 atom stereocenters. The van der Waals surface area contributed by atoms with Crippen molar-refractivity contribution in [3.05, 3.63) is 50.4 Å². The molecular weight excluding hydrogens is 444 g/mol. The maximum absolute atomic E-state index is 13.1. The lowest BCUT2D eigenvalue weighted by molar-refractivity contribution is -0.120. The van der Waals surface area contributed by atoms with Crippen LogP contribution in [0.4, 0.5) is 5.69 Å². The largest absolute Gasteiger partial charge is 0.381 e. The molecule has 2 aliphatic rings. The van der Waals surface area contributed by atoms with Gasteiger partial charge < -0.3 is 15.0 Å². The molecule has 1 N–H and O–H groups in total. The molecule has 1 unspecified atom stereocenters. The van der Waals surface area contributed by atoms with Gasteiger partial charge in [0, 0.05) is 65.8 Å². The standard InChI is InChI=1S/C23H29ClN6O3/c1-4-30(18-5-7-33-8-6-18)21-11-17(24)10-19(15(21)3)22(31)26-13-20-16(12-27-29-25)9-14(2)28-23(20)32/h9-11,18,20H,4-8,12-13H2,1-3H3,(H,26,31). The Bertz CT molecular complexity index is 1030. The van der Waals surface area contributed by atoms with Crippen LogP contribution >= 0.6 is 11.6 Å². The second-order valence-electron chi connectivity index (χ2n) is 8.19. The predicted octanol–water partition coefficient (Wildman–Crippen LogP) is 4.24. The van der Waals surface area contributed by atoms with E-state index in [9.17, 15) is 9.59 Å². The number of allylic oxidation sites excluding steroid dienone is 1. The fourth-order valence-corrected chi connectivity index (χ4v) is 4.62. The predicted molar refractivity (Wildman–Crippen MR) is 129 cm³/mol. The van der Waals surface area contributed by atoms with Crippen LogP contribution in [0.25, 0.3) is 10.4 Å². The summed E-state index contributed by atoms with van der Waals surface area (Å²) in [5.41, 5.74) is 12.1. The first-order chi connectivity index (χ1) is 15.8. The molecular formula is C23H29ClN6O3. The van der Waals surface area contributed by atoms with Gasteiger partial charge in [-0.05, 0) is 68.5 Å². The monoisotopic (exact) mass is 472 g/mol. The molecule has 0 aliphatic carbocycles. The second-order valence-corrected chi connectivity index (χ2v) is 8.63. The summed E-state index contributed by atoms with van der Waals surface area (Å²) in [5, 5.41) is 6.90. The summed E-state index contributed by atoms with van der Waals surface area (Å²) in [4.78, 5) is 34.6. The Labute approximate surface area is 198 Å². The van der Waals surface area contributed by atoms with E-state index in [1.165, 1.54) is 0 Å². The first kappa shape index (κ1) is 24.8. The van der Waals surface area contributed by atoms with Crippen LogP contribution in [0.3, 0.4) is 0 Å². The topological polar surface area (TPSA) is 120 Å². The number of aliphatic imine (C=N–C) groups is 1. The average Bonchev–Trinajstić information content (AvgIpc) is 2.79. The van der Waals surface area contributed by atoms with Crippen LogP contribution in [0.2, 0.25) is 5.02 Å². The molecule has 10 heteroatoms. The van der Waals surface area contributed by atoms with E-state index in [-0.39, 0.29) is 24.9 Å². The Morgan fingerprint density at radius 3 is 2.76 bits per heavy atom. The minimum atomic E-state index is -0.670. The minimum absolute atomic E-state index is 0.0482. The van der Waals surface area contributed by atoms with Gasteiger partial charge in [0.1, 0.15) is 0 Å². The fourth-order valence-electron chi connectivity index (χ4n) is 4.41. The molecule has 176 valence electrons. The molecule has 3 rings (SSSR count). The van der Waals surface area contributed by atoms with E-state index in [1.807, 2.05) is 13.0 Å². The summed E-state index contributed by atoms with van der Waals surface area (Å²) in [6, 6.07) is 3.87. The fraction of sp³-hybridized carbons (Fsp3) is 0.522. The van der Waals surface area contributed by atoms with Gasteiger partial charge in [0.05, 0.1) is 5.92 Å². The number of carbonyl (C=O) groups is 2. The molecule has 0 spiro atoms. The number of rotatable bonds is 8. The molecule has 1 saturated heterocycles. The third kappa shape index (κ3) is 5.93. The minimum Gasteiger partial charge on any atom is -0.381 e. The van der Waals surface area contributed by atoms with E-state index in [2.05, 4.69) is 32.2 Å². The maximum Gasteiger partial charge on any atom is 0.254 e. The molecule has 1 aromatic carbocycles. The van der Waals surface area contributed by atoms with Crippen LogP contribution in [0.5, 0.6) is 0 Å². The average molecular weight is 473 g/mol. The van der Waals surface area contributed by atoms with Gasteiger partial charge in [-0.2, -0.15) is 0 Å². The van der Waals surface area contributed by atoms with Gasteiger partial charge in [-0.1, -0.05) is 16.7 Å². The van der Waals surface area contributed by atoms with Crippen molar-refractivity contribution in [2.24, 2.45) is 16.0 Å². The highest BCUT2D eigenvalue weighted by atomic mass is 35.5. The van der Waals surface area contributed by atoms with E-state index < -0.39 is 5.92 Å². The van der Waals surface area contributed by atoms with Crippen LogP contribution in [-0.2, 0) is 9.53 Å². The van der Waals surface area contributed by atoms with Crippen molar-refractivity contribution < 1.29 is 14.3 Å². The number of carbonyl (C=O) groups excluding carboxylic acids is 2. The summed E-state index contributed by atoms with van der Waals surface area (Å²) < 4.78 is 5.50. The van der Waals surface area contributed by atoms with Crippen LogP contribution in [0, 0.1) is 12.8 Å². The van der Waals surface area contributed by atoms with Crippen LogP contribution in [-0.4, -0.2) is 56.4 Å². The number of ether oxygens (including phenoxy) is 1. The lowest BCUT2D eigenvalue weighted by atomic mass is 9.94. The number of nitrogens with zero attached hydrogens (tertiary/aromatic N) is 5. The van der Waals surface area contributed by atoms with Crippen molar-refractivity contribution in [3.63, 3.8) is 0 Å². The molecule has 1 fully saturated rings. The van der Waals surface area contributed by atoms with E-state index in [0.717, 1.165) is 43.9 Å². The molecule has 0 aromatic heterocycles. The molecule has 2 amide bonds. The first-order valence-corrected chi connectivity index (χ1v) is 11.5. The lowest BCUT2D eigenvalue weighted by Crippen LogP contribution is -2.40. The van der Waals surface area contributed by atoms with Crippen LogP contribution < -0.4 is 10.2 Å². The number of dihydropyridines is 1. The zero-order valence-electron chi connectivity index (χ0n) is 19.2. The maximum atomic E-state index is 13.1. The highest BCUT2D eigenvalue weighted by molar-refractivity contribution is 6.31. The number of azide groups is 1. The zero-order valence-corrected chi connectivity index (χ0v) is 19.9. The Balaban J connectivity index is 1.80. The van der Waals surface area contributed by atoms with Gasteiger partial charge in [-0.3, -0.25) is 9.59 Å². The number of amides is 2. The number of halogens is 1. The molecule has 2 aliphatic heterocycles.